The first-order chi connectivity index (χ1) is 7.39. The lowest BCUT2D eigenvalue weighted by Crippen LogP contribution is -2.37. The smallest absolute Gasteiger partial charge is 0.209 e. The van der Waals surface area contributed by atoms with Crippen LogP contribution in [0, 0.1) is 5.41 Å². The van der Waals surface area contributed by atoms with Crippen LogP contribution in [0.5, 0.6) is 0 Å². The van der Waals surface area contributed by atoms with Gasteiger partial charge in [-0.2, -0.15) is 0 Å². The van der Waals surface area contributed by atoms with Crippen molar-refractivity contribution < 1.29 is 13.5 Å². The van der Waals surface area contributed by atoms with E-state index in [1.807, 2.05) is 0 Å². The van der Waals surface area contributed by atoms with Crippen LogP contribution in [0.4, 0.5) is 0 Å². The highest BCUT2D eigenvalue weighted by Crippen LogP contribution is 2.31. The summed E-state index contributed by atoms with van der Waals surface area (Å²) >= 11 is 0. The number of unbranched alkanes of at least 4 members (excludes halogenated alkanes) is 2. The molecule has 0 spiro atoms. The van der Waals surface area contributed by atoms with Crippen LogP contribution in [-0.4, -0.2) is 25.9 Å². The zero-order valence-electron chi connectivity index (χ0n) is 10.4. The quantitative estimate of drug-likeness (QED) is 0.653. The van der Waals surface area contributed by atoms with Gasteiger partial charge < -0.3 is 5.11 Å². The number of rotatable bonds is 9. The number of hydrogen-bond donors (Lipinski definition) is 2. The van der Waals surface area contributed by atoms with Gasteiger partial charge in [-0.15, -0.1) is 0 Å². The van der Waals surface area contributed by atoms with Gasteiger partial charge in [0.1, 0.15) is 0 Å². The first kappa shape index (κ1) is 15.9. The Bertz CT molecular complexity index is 267. The van der Waals surface area contributed by atoms with Crippen molar-refractivity contribution >= 4 is 10.0 Å². The maximum Gasteiger partial charge on any atom is 0.209 e. The van der Waals surface area contributed by atoms with Gasteiger partial charge in [0.25, 0.3) is 0 Å². The second kappa shape index (κ2) is 7.25. The van der Waals surface area contributed by atoms with E-state index in [4.69, 9.17) is 5.14 Å². The number of primary sulfonamides is 1. The van der Waals surface area contributed by atoms with E-state index in [1.54, 1.807) is 0 Å². The molecule has 0 amide bonds. The van der Waals surface area contributed by atoms with E-state index in [9.17, 15) is 13.5 Å². The molecular weight excluding hydrogens is 226 g/mol. The normalized spacial score (nSPS) is 13.0. The average molecular weight is 251 g/mol. The van der Waals surface area contributed by atoms with E-state index in [-0.39, 0.29) is 12.4 Å². The van der Waals surface area contributed by atoms with Crippen LogP contribution in [0.3, 0.4) is 0 Å². The van der Waals surface area contributed by atoms with Gasteiger partial charge in [-0.3, -0.25) is 0 Å². The predicted molar refractivity (Wildman–Crippen MR) is 66.5 cm³/mol. The number of hydrogen-bond acceptors (Lipinski definition) is 3. The molecule has 5 heteroatoms. The Balaban J connectivity index is 4.65. The number of sulfonamides is 1. The molecule has 0 radical (unpaired) electrons. The Hall–Kier alpha value is -0.130. The Morgan fingerprint density at radius 1 is 1.12 bits per heavy atom. The van der Waals surface area contributed by atoms with Crippen LogP contribution in [-0.2, 0) is 10.0 Å². The van der Waals surface area contributed by atoms with E-state index in [0.29, 0.717) is 0 Å². The summed E-state index contributed by atoms with van der Waals surface area (Å²) in [6.07, 6.45) is 5.32. The Morgan fingerprint density at radius 2 is 1.56 bits per heavy atom. The minimum Gasteiger partial charge on any atom is -0.396 e. The highest BCUT2D eigenvalue weighted by molar-refractivity contribution is 7.89. The van der Waals surface area contributed by atoms with E-state index in [1.165, 1.54) is 0 Å². The molecule has 0 aliphatic heterocycles. The third-order valence-electron chi connectivity index (χ3n) is 2.96. The molecule has 0 aliphatic rings. The van der Waals surface area contributed by atoms with Gasteiger partial charge >= 0.3 is 0 Å². The fraction of sp³-hybridized carbons (Fsp3) is 1.00. The van der Waals surface area contributed by atoms with E-state index < -0.39 is 15.4 Å². The predicted octanol–water partition coefficient (Wildman–Crippen LogP) is 1.63. The van der Waals surface area contributed by atoms with E-state index in [2.05, 4.69) is 13.8 Å². The highest BCUT2D eigenvalue weighted by Gasteiger charge is 2.32. The van der Waals surface area contributed by atoms with Crippen LogP contribution in [0.25, 0.3) is 0 Å². The molecule has 0 heterocycles. The highest BCUT2D eigenvalue weighted by atomic mass is 32.2. The second-order valence-corrected chi connectivity index (χ2v) is 6.29. The van der Waals surface area contributed by atoms with E-state index in [0.717, 1.165) is 38.5 Å². The van der Waals surface area contributed by atoms with Crippen molar-refractivity contribution in [2.75, 3.05) is 12.4 Å². The number of nitrogens with two attached hydrogens (primary N) is 1. The molecule has 4 nitrogen and oxygen atoms in total. The van der Waals surface area contributed by atoms with Crippen molar-refractivity contribution in [1.29, 1.82) is 0 Å². The lowest BCUT2D eigenvalue weighted by atomic mass is 9.81. The zero-order chi connectivity index (χ0) is 12.7. The molecular formula is C11H25NO3S. The summed E-state index contributed by atoms with van der Waals surface area (Å²) in [5.41, 5.74) is -0.528. The van der Waals surface area contributed by atoms with Crippen molar-refractivity contribution in [3.63, 3.8) is 0 Å². The first-order valence-electron chi connectivity index (χ1n) is 6.00. The molecule has 98 valence electrons. The summed E-state index contributed by atoms with van der Waals surface area (Å²) < 4.78 is 22.4. The van der Waals surface area contributed by atoms with Crippen LogP contribution >= 0.6 is 0 Å². The summed E-state index contributed by atoms with van der Waals surface area (Å²) in [6, 6.07) is 0. The number of aliphatic hydroxyl groups is 1. The Labute approximate surface area is 99.3 Å². The molecule has 0 unspecified atom stereocenters. The van der Waals surface area contributed by atoms with Gasteiger partial charge in [0.2, 0.25) is 10.0 Å². The maximum atomic E-state index is 11.2. The van der Waals surface area contributed by atoms with Gasteiger partial charge in [-0.05, 0) is 12.8 Å². The monoisotopic (exact) mass is 251 g/mol. The Morgan fingerprint density at radius 3 is 1.81 bits per heavy atom. The molecule has 16 heavy (non-hydrogen) atoms. The standard InChI is InChI=1S/C11H25NO3S/c1-3-5-7-11(9-13,8-6-4-2)10-16(12,14)15/h13H,3-10H2,1-2H3,(H2,12,14,15). The van der Waals surface area contributed by atoms with Crippen LogP contribution in [0.2, 0.25) is 0 Å². The fourth-order valence-electron chi connectivity index (χ4n) is 2.00. The third kappa shape index (κ3) is 6.45. The topological polar surface area (TPSA) is 80.4 Å². The molecule has 0 atom stereocenters. The summed E-state index contributed by atoms with van der Waals surface area (Å²) in [6.45, 7) is 4.02. The zero-order valence-corrected chi connectivity index (χ0v) is 11.2. The summed E-state index contributed by atoms with van der Waals surface area (Å²) in [7, 11) is -3.51. The van der Waals surface area contributed by atoms with Crippen molar-refractivity contribution in [3.05, 3.63) is 0 Å². The molecule has 0 bridgehead atoms. The summed E-state index contributed by atoms with van der Waals surface area (Å²) in [5.74, 6) is -0.101. The van der Waals surface area contributed by atoms with Crippen molar-refractivity contribution in [3.8, 4) is 0 Å². The van der Waals surface area contributed by atoms with Crippen molar-refractivity contribution in [2.24, 2.45) is 10.6 Å². The van der Waals surface area contributed by atoms with Gasteiger partial charge in [-0.1, -0.05) is 39.5 Å². The Kier molecular flexibility index (Phi) is 7.19. The molecule has 3 N–H and O–H groups in total. The van der Waals surface area contributed by atoms with Gasteiger partial charge in [0.15, 0.2) is 0 Å². The second-order valence-electron chi connectivity index (χ2n) is 4.67. The van der Waals surface area contributed by atoms with E-state index >= 15 is 0 Å². The van der Waals surface area contributed by atoms with Gasteiger partial charge in [0, 0.05) is 12.0 Å². The molecule has 0 aromatic rings. The van der Waals surface area contributed by atoms with Crippen molar-refractivity contribution in [2.45, 2.75) is 52.4 Å². The van der Waals surface area contributed by atoms with Crippen LogP contribution in [0.1, 0.15) is 52.4 Å². The SMILES string of the molecule is CCCCC(CO)(CCCC)CS(N)(=O)=O. The first-order valence-corrected chi connectivity index (χ1v) is 7.72. The minimum absolute atomic E-state index is 0.0938. The van der Waals surface area contributed by atoms with Crippen LogP contribution < -0.4 is 5.14 Å². The fourth-order valence-corrected chi connectivity index (χ4v) is 3.24. The van der Waals surface area contributed by atoms with Crippen molar-refractivity contribution in [1.82, 2.24) is 0 Å². The largest absolute Gasteiger partial charge is 0.396 e. The summed E-state index contributed by atoms with van der Waals surface area (Å²) in [4.78, 5) is 0. The summed E-state index contributed by atoms with van der Waals surface area (Å²) in [5, 5.41) is 14.6. The molecule has 0 aromatic heterocycles. The average Bonchev–Trinajstić information content (AvgIpc) is 2.20. The maximum absolute atomic E-state index is 11.2. The lowest BCUT2D eigenvalue weighted by molar-refractivity contribution is 0.120. The molecule has 0 saturated heterocycles. The van der Waals surface area contributed by atoms with Crippen LogP contribution in [0.15, 0.2) is 0 Å². The molecule has 0 aliphatic carbocycles. The molecule has 0 saturated carbocycles. The lowest BCUT2D eigenvalue weighted by Gasteiger charge is -2.31. The minimum atomic E-state index is -3.51. The third-order valence-corrected chi connectivity index (χ3v) is 3.98. The molecule has 0 aromatic carbocycles. The molecule has 0 rings (SSSR count). The number of aliphatic hydroxyl groups excluding tert-OH is 1. The van der Waals surface area contributed by atoms with Gasteiger partial charge in [0.05, 0.1) is 5.75 Å². The molecule has 0 fully saturated rings. The van der Waals surface area contributed by atoms with Gasteiger partial charge in [-0.25, -0.2) is 13.6 Å².